The lowest BCUT2D eigenvalue weighted by molar-refractivity contribution is 0.0764. The molecule has 0 saturated carbocycles. The van der Waals surface area contributed by atoms with E-state index in [2.05, 4.69) is 15.0 Å². The minimum atomic E-state index is -4.19. The summed E-state index contributed by atoms with van der Waals surface area (Å²) < 4.78 is 17.7. The Kier molecular flexibility index (Phi) is 4.66. The van der Waals surface area contributed by atoms with Gasteiger partial charge in [-0.05, 0) is 6.92 Å². The lowest BCUT2D eigenvalue weighted by Crippen LogP contribution is -2.18. The van der Waals surface area contributed by atoms with Crippen molar-refractivity contribution in [3.8, 4) is 0 Å². The maximum atomic E-state index is 10.8. The topological polar surface area (TPSA) is 140 Å². The van der Waals surface area contributed by atoms with E-state index in [1.165, 1.54) is 0 Å². The van der Waals surface area contributed by atoms with Crippen LogP contribution in [0.1, 0.15) is 6.92 Å². The molecule has 0 fully saturated rings. The molecule has 0 aliphatic carbocycles. The van der Waals surface area contributed by atoms with Crippen molar-refractivity contribution >= 4 is 30.5 Å². The summed E-state index contributed by atoms with van der Waals surface area (Å²) in [4.78, 5) is 32.0. The number of nitrogen functional groups attached to an aromatic ring is 1. The Hall–Kier alpha value is -1.74. The normalized spacial score (nSPS) is 13.5. The van der Waals surface area contributed by atoms with E-state index < -0.39 is 20.0 Å². The van der Waals surface area contributed by atoms with Gasteiger partial charge in [0.05, 0.1) is 19.0 Å². The smallest absolute Gasteiger partial charge is 0.350 e. The fourth-order valence-corrected chi connectivity index (χ4v) is 2.39. The molecule has 2 aromatic heterocycles. The molecule has 0 radical (unpaired) electrons. The van der Waals surface area contributed by atoms with Gasteiger partial charge in [-0.3, -0.25) is 4.57 Å². The second kappa shape index (κ2) is 6.17. The quantitative estimate of drug-likeness (QED) is 0.625. The van der Waals surface area contributed by atoms with Crippen LogP contribution >= 0.6 is 7.60 Å². The van der Waals surface area contributed by atoms with Crippen molar-refractivity contribution in [3.63, 3.8) is 0 Å². The van der Waals surface area contributed by atoms with E-state index in [-0.39, 0.29) is 5.95 Å². The molecule has 0 aromatic carbocycles. The van der Waals surface area contributed by atoms with Gasteiger partial charge in [0.2, 0.25) is 5.95 Å². The molecule has 0 spiro atoms. The number of ether oxygens (including phenoxy) is 1. The predicted molar refractivity (Wildman–Crippen MR) is 81.5 cm³/mol. The van der Waals surface area contributed by atoms with Gasteiger partial charge < -0.3 is 29.7 Å². The Bertz CT molecular complexity index is 712. The molecular formula is C11H19N6O4P. The van der Waals surface area contributed by atoms with Crippen molar-refractivity contribution in [1.29, 1.82) is 0 Å². The Morgan fingerprint density at radius 3 is 2.73 bits per heavy atom. The first-order valence-corrected chi connectivity index (χ1v) is 8.29. The summed E-state index contributed by atoms with van der Waals surface area (Å²) in [5.41, 5.74) is 6.86. The maximum Gasteiger partial charge on any atom is 0.350 e. The highest BCUT2D eigenvalue weighted by Crippen LogP contribution is 2.34. The van der Waals surface area contributed by atoms with Crippen LogP contribution in [0.2, 0.25) is 0 Å². The van der Waals surface area contributed by atoms with E-state index in [0.29, 0.717) is 23.5 Å². The number of hydrogen-bond donors (Lipinski definition) is 3. The monoisotopic (exact) mass is 330 g/mol. The molecule has 10 nitrogen and oxygen atoms in total. The van der Waals surface area contributed by atoms with Crippen LogP contribution in [0, 0.1) is 0 Å². The number of nitrogens with zero attached hydrogens (tertiary/aromatic N) is 5. The van der Waals surface area contributed by atoms with E-state index in [9.17, 15) is 4.57 Å². The first-order valence-electron chi connectivity index (χ1n) is 6.49. The van der Waals surface area contributed by atoms with Crippen LogP contribution in [-0.2, 0) is 15.8 Å². The molecule has 0 aliphatic rings. The fraction of sp³-hybridized carbons (Fsp3) is 0.545. The second-order valence-electron chi connectivity index (χ2n) is 5.14. The Morgan fingerprint density at radius 2 is 2.14 bits per heavy atom. The number of rotatable bonds is 6. The van der Waals surface area contributed by atoms with Crippen LogP contribution in [0.15, 0.2) is 6.33 Å². The van der Waals surface area contributed by atoms with Gasteiger partial charge in [-0.1, -0.05) is 0 Å². The summed E-state index contributed by atoms with van der Waals surface area (Å²) in [6.07, 6.45) is 0.522. The molecule has 0 amide bonds. The summed E-state index contributed by atoms with van der Waals surface area (Å²) in [5.74, 6) is 0.728. The average Bonchev–Trinajstić information content (AvgIpc) is 2.77. The minimum Gasteiger partial charge on any atom is -0.368 e. The number of nitrogens with two attached hydrogens (primary N) is 1. The third-order valence-electron chi connectivity index (χ3n) is 2.87. The van der Waals surface area contributed by atoms with Gasteiger partial charge in [0, 0.05) is 14.1 Å². The predicted octanol–water partition coefficient (Wildman–Crippen LogP) is 0.0148. The van der Waals surface area contributed by atoms with E-state index in [1.807, 2.05) is 14.1 Å². The molecule has 2 aromatic rings. The van der Waals surface area contributed by atoms with Gasteiger partial charge in [-0.2, -0.15) is 9.97 Å². The summed E-state index contributed by atoms with van der Waals surface area (Å²) in [6, 6.07) is 0. The highest BCUT2D eigenvalue weighted by molar-refractivity contribution is 7.51. The third-order valence-corrected chi connectivity index (χ3v) is 3.35. The molecule has 2 heterocycles. The van der Waals surface area contributed by atoms with Gasteiger partial charge in [0.15, 0.2) is 17.0 Å². The Labute approximate surface area is 127 Å². The summed E-state index contributed by atoms with van der Waals surface area (Å²) >= 11 is 0. The first kappa shape index (κ1) is 16.6. The van der Waals surface area contributed by atoms with Gasteiger partial charge in [0.1, 0.15) is 6.35 Å². The molecule has 122 valence electrons. The van der Waals surface area contributed by atoms with Crippen molar-refractivity contribution in [2.24, 2.45) is 0 Å². The lowest BCUT2D eigenvalue weighted by atomic mass is 10.4. The van der Waals surface area contributed by atoms with Crippen LogP contribution in [0.5, 0.6) is 0 Å². The van der Waals surface area contributed by atoms with Crippen LogP contribution in [0.3, 0.4) is 0 Å². The molecule has 0 aliphatic heterocycles. The van der Waals surface area contributed by atoms with E-state index in [0.717, 1.165) is 0 Å². The minimum absolute atomic E-state index is 0.127. The molecule has 0 bridgehead atoms. The second-order valence-corrected chi connectivity index (χ2v) is 6.73. The molecule has 2 rings (SSSR count). The van der Waals surface area contributed by atoms with E-state index in [4.69, 9.17) is 20.3 Å². The van der Waals surface area contributed by atoms with Gasteiger partial charge in [0.25, 0.3) is 0 Å². The average molecular weight is 330 g/mol. The third kappa shape index (κ3) is 3.92. The van der Waals surface area contributed by atoms with Crippen molar-refractivity contribution < 1.29 is 19.1 Å². The number of hydrogen-bond acceptors (Lipinski definition) is 7. The molecular weight excluding hydrogens is 311 g/mol. The SMILES string of the molecule is C[C@H](Cn1cnc2c(N(C)C)nc(N)nc21)OCP(=O)(O)O. The zero-order valence-electron chi connectivity index (χ0n) is 12.5. The van der Waals surface area contributed by atoms with Crippen LogP contribution in [0.4, 0.5) is 11.8 Å². The van der Waals surface area contributed by atoms with Crippen molar-refractivity contribution in [2.75, 3.05) is 31.1 Å². The van der Waals surface area contributed by atoms with Gasteiger partial charge in [-0.15, -0.1) is 0 Å². The van der Waals surface area contributed by atoms with E-state index >= 15 is 0 Å². The number of aromatic nitrogens is 4. The van der Waals surface area contributed by atoms with Crippen LogP contribution in [-0.4, -0.2) is 55.9 Å². The van der Waals surface area contributed by atoms with Crippen molar-refractivity contribution in [2.45, 2.75) is 19.6 Å². The zero-order chi connectivity index (χ0) is 16.5. The molecule has 22 heavy (non-hydrogen) atoms. The lowest BCUT2D eigenvalue weighted by Gasteiger charge is -2.15. The molecule has 0 saturated heterocycles. The van der Waals surface area contributed by atoms with Gasteiger partial charge in [-0.25, -0.2) is 4.98 Å². The zero-order valence-corrected chi connectivity index (χ0v) is 13.4. The highest BCUT2D eigenvalue weighted by Gasteiger charge is 2.18. The van der Waals surface area contributed by atoms with E-state index in [1.54, 1.807) is 22.7 Å². The Morgan fingerprint density at radius 1 is 1.45 bits per heavy atom. The van der Waals surface area contributed by atoms with Crippen molar-refractivity contribution in [1.82, 2.24) is 19.5 Å². The number of fused-ring (bicyclic) bond motifs is 1. The van der Waals surface area contributed by atoms with Crippen LogP contribution in [0.25, 0.3) is 11.2 Å². The maximum absolute atomic E-state index is 10.8. The summed E-state index contributed by atoms with van der Waals surface area (Å²) in [6.45, 7) is 2.04. The van der Waals surface area contributed by atoms with Gasteiger partial charge >= 0.3 is 7.60 Å². The summed E-state index contributed by atoms with van der Waals surface area (Å²) in [7, 11) is -0.535. The number of imidazole rings is 1. The van der Waals surface area contributed by atoms with Crippen LogP contribution < -0.4 is 10.6 Å². The molecule has 4 N–H and O–H groups in total. The number of anilines is 2. The highest BCUT2D eigenvalue weighted by atomic mass is 31.2. The standard InChI is InChI=1S/C11H19N6O4P/c1-7(21-6-22(18,19)20)4-17-5-13-8-9(16(2)3)14-11(12)15-10(8)17/h5,7H,4,6H2,1-3H3,(H2,12,14,15)(H2,18,19,20)/t7-/m1/s1. The molecule has 0 unspecified atom stereocenters. The fourth-order valence-electron chi connectivity index (χ4n) is 1.95. The first-order chi connectivity index (χ1) is 10.2. The van der Waals surface area contributed by atoms with Crippen molar-refractivity contribution in [3.05, 3.63) is 6.33 Å². The summed E-state index contributed by atoms with van der Waals surface area (Å²) in [5, 5.41) is 0. The molecule has 11 heteroatoms. The largest absolute Gasteiger partial charge is 0.368 e. The Balaban J connectivity index is 2.24. The molecule has 1 atom stereocenters.